The lowest BCUT2D eigenvalue weighted by molar-refractivity contribution is 0.281. The molecule has 0 bridgehead atoms. The minimum atomic E-state index is -0.129. The van der Waals surface area contributed by atoms with E-state index in [0.29, 0.717) is 26.7 Å². The van der Waals surface area contributed by atoms with Gasteiger partial charge in [-0.05, 0) is 17.7 Å². The van der Waals surface area contributed by atoms with E-state index in [1.807, 2.05) is 0 Å². The Morgan fingerprint density at radius 1 is 1.00 bits per heavy atom. The molecule has 2 rings (SSSR count). The lowest BCUT2D eigenvalue weighted by Crippen LogP contribution is -1.90. The zero-order chi connectivity index (χ0) is 13.3. The van der Waals surface area contributed by atoms with Crippen molar-refractivity contribution in [3.8, 4) is 11.1 Å². The Morgan fingerprint density at radius 3 is 2.39 bits per heavy atom. The fraction of sp³-hybridized carbons (Fsp3) is 0.0833. The molecule has 1 aromatic heterocycles. The number of halogens is 4. The summed E-state index contributed by atoms with van der Waals surface area (Å²) in [6, 6.07) is 5.05. The number of rotatable bonds is 2. The molecule has 0 aliphatic carbocycles. The van der Waals surface area contributed by atoms with E-state index in [0.717, 1.165) is 0 Å². The number of aliphatic hydroxyl groups is 1. The molecule has 0 spiro atoms. The van der Waals surface area contributed by atoms with Gasteiger partial charge in [-0.2, -0.15) is 0 Å². The Kier molecular flexibility index (Phi) is 4.36. The van der Waals surface area contributed by atoms with E-state index >= 15 is 0 Å². The first-order chi connectivity index (χ1) is 8.54. The van der Waals surface area contributed by atoms with Gasteiger partial charge in [0.15, 0.2) is 0 Å². The average molecular weight is 323 g/mol. The number of pyridine rings is 1. The third-order valence-electron chi connectivity index (χ3n) is 2.40. The molecule has 0 fully saturated rings. The monoisotopic (exact) mass is 321 g/mol. The van der Waals surface area contributed by atoms with Crippen molar-refractivity contribution in [2.45, 2.75) is 6.61 Å². The SMILES string of the molecule is OCc1cnc(Cl)c(-c2ccc(Cl)c(Cl)c2Cl)c1. The Bertz CT molecular complexity index is 601. The number of aliphatic hydroxyl groups excluding tert-OH is 1. The van der Waals surface area contributed by atoms with Crippen LogP contribution in [0.5, 0.6) is 0 Å². The highest BCUT2D eigenvalue weighted by molar-refractivity contribution is 6.49. The zero-order valence-electron chi connectivity index (χ0n) is 8.92. The van der Waals surface area contributed by atoms with Gasteiger partial charge >= 0.3 is 0 Å². The predicted molar refractivity (Wildman–Crippen MR) is 75.6 cm³/mol. The van der Waals surface area contributed by atoms with E-state index in [4.69, 9.17) is 51.5 Å². The molecule has 18 heavy (non-hydrogen) atoms. The van der Waals surface area contributed by atoms with Crippen molar-refractivity contribution in [2.24, 2.45) is 0 Å². The Hall–Kier alpha value is -0.510. The van der Waals surface area contributed by atoms with E-state index in [1.165, 1.54) is 6.20 Å². The Balaban J connectivity index is 2.65. The fourth-order valence-electron chi connectivity index (χ4n) is 1.50. The van der Waals surface area contributed by atoms with Gasteiger partial charge in [-0.3, -0.25) is 0 Å². The molecule has 0 saturated carbocycles. The predicted octanol–water partition coefficient (Wildman–Crippen LogP) is 4.85. The zero-order valence-corrected chi connectivity index (χ0v) is 11.9. The minimum absolute atomic E-state index is 0.129. The van der Waals surface area contributed by atoms with Crippen LogP contribution in [0.1, 0.15) is 5.56 Å². The van der Waals surface area contributed by atoms with E-state index in [2.05, 4.69) is 4.98 Å². The third-order valence-corrected chi connectivity index (χ3v) is 4.00. The number of benzene rings is 1. The molecular weight excluding hydrogens is 316 g/mol. The van der Waals surface area contributed by atoms with Crippen LogP contribution in [-0.2, 0) is 6.61 Å². The van der Waals surface area contributed by atoms with Gasteiger partial charge in [0.1, 0.15) is 5.15 Å². The second kappa shape index (κ2) is 5.64. The maximum atomic E-state index is 9.10. The van der Waals surface area contributed by atoms with Crippen molar-refractivity contribution in [3.63, 3.8) is 0 Å². The first-order valence-electron chi connectivity index (χ1n) is 4.93. The molecule has 1 aromatic carbocycles. The Morgan fingerprint density at radius 2 is 1.72 bits per heavy atom. The van der Waals surface area contributed by atoms with E-state index < -0.39 is 0 Å². The van der Waals surface area contributed by atoms with Crippen molar-refractivity contribution in [2.75, 3.05) is 0 Å². The molecular formula is C12H7Cl4NO. The number of nitrogens with zero attached hydrogens (tertiary/aromatic N) is 1. The summed E-state index contributed by atoms with van der Waals surface area (Å²) in [5, 5.41) is 10.3. The van der Waals surface area contributed by atoms with Gasteiger partial charge in [0.25, 0.3) is 0 Å². The molecule has 0 radical (unpaired) electrons. The highest BCUT2D eigenvalue weighted by Crippen LogP contribution is 2.40. The molecule has 2 nitrogen and oxygen atoms in total. The van der Waals surface area contributed by atoms with Gasteiger partial charge in [0.2, 0.25) is 0 Å². The van der Waals surface area contributed by atoms with Crippen LogP contribution in [-0.4, -0.2) is 10.1 Å². The summed E-state index contributed by atoms with van der Waals surface area (Å²) >= 11 is 24.0. The highest BCUT2D eigenvalue weighted by Gasteiger charge is 2.14. The van der Waals surface area contributed by atoms with Crippen LogP contribution < -0.4 is 0 Å². The molecule has 0 amide bonds. The summed E-state index contributed by atoms with van der Waals surface area (Å²) in [6.45, 7) is -0.129. The Labute approximate surface area is 124 Å². The lowest BCUT2D eigenvalue weighted by Gasteiger charge is -2.09. The molecule has 0 unspecified atom stereocenters. The molecule has 1 N–H and O–H groups in total. The summed E-state index contributed by atoms with van der Waals surface area (Å²) < 4.78 is 0. The molecule has 1 heterocycles. The number of aromatic nitrogens is 1. The summed E-state index contributed by atoms with van der Waals surface area (Å²) in [5.41, 5.74) is 1.86. The van der Waals surface area contributed by atoms with Gasteiger partial charge in [-0.1, -0.05) is 52.5 Å². The maximum Gasteiger partial charge on any atom is 0.136 e. The molecule has 6 heteroatoms. The van der Waals surface area contributed by atoms with Crippen LogP contribution in [0.3, 0.4) is 0 Å². The third kappa shape index (κ3) is 2.58. The normalized spacial score (nSPS) is 10.7. The summed E-state index contributed by atoms with van der Waals surface area (Å²) in [4.78, 5) is 3.99. The number of hydrogen-bond acceptors (Lipinski definition) is 2. The average Bonchev–Trinajstić information content (AvgIpc) is 2.37. The van der Waals surface area contributed by atoms with Crippen LogP contribution in [0.15, 0.2) is 24.4 Å². The van der Waals surface area contributed by atoms with Crippen molar-refractivity contribution in [1.82, 2.24) is 4.98 Å². The van der Waals surface area contributed by atoms with Crippen molar-refractivity contribution < 1.29 is 5.11 Å². The van der Waals surface area contributed by atoms with Crippen molar-refractivity contribution in [3.05, 3.63) is 50.2 Å². The highest BCUT2D eigenvalue weighted by atomic mass is 35.5. The van der Waals surface area contributed by atoms with Crippen LogP contribution in [0.25, 0.3) is 11.1 Å². The standard InChI is InChI=1S/C12H7Cl4NO/c13-9-2-1-7(10(14)11(9)15)8-3-6(5-18)4-17-12(8)16/h1-4,18H,5H2. The van der Waals surface area contributed by atoms with Crippen LogP contribution in [0.2, 0.25) is 20.2 Å². The van der Waals surface area contributed by atoms with Gasteiger partial charge in [0.05, 0.1) is 21.7 Å². The molecule has 0 saturated heterocycles. The van der Waals surface area contributed by atoms with E-state index in [9.17, 15) is 0 Å². The first kappa shape index (κ1) is 13.9. The van der Waals surface area contributed by atoms with Gasteiger partial charge < -0.3 is 5.11 Å². The largest absolute Gasteiger partial charge is 0.392 e. The van der Waals surface area contributed by atoms with E-state index in [1.54, 1.807) is 18.2 Å². The van der Waals surface area contributed by atoms with Crippen LogP contribution in [0.4, 0.5) is 0 Å². The molecule has 0 atom stereocenters. The smallest absolute Gasteiger partial charge is 0.136 e. The molecule has 0 aliphatic rings. The first-order valence-corrected chi connectivity index (χ1v) is 6.45. The summed E-state index contributed by atoms with van der Waals surface area (Å²) in [7, 11) is 0. The van der Waals surface area contributed by atoms with Gasteiger partial charge in [0, 0.05) is 17.3 Å². The molecule has 2 aromatic rings. The van der Waals surface area contributed by atoms with Crippen molar-refractivity contribution >= 4 is 46.4 Å². The fourth-order valence-corrected chi connectivity index (χ4v) is 2.34. The summed E-state index contributed by atoms with van der Waals surface area (Å²) in [6.07, 6.45) is 1.50. The van der Waals surface area contributed by atoms with E-state index in [-0.39, 0.29) is 16.8 Å². The van der Waals surface area contributed by atoms with Gasteiger partial charge in [-0.25, -0.2) is 4.98 Å². The second-order valence-electron chi connectivity index (χ2n) is 3.56. The molecule has 94 valence electrons. The topological polar surface area (TPSA) is 33.1 Å². The second-order valence-corrected chi connectivity index (χ2v) is 5.08. The lowest BCUT2D eigenvalue weighted by atomic mass is 10.1. The number of hydrogen-bond donors (Lipinski definition) is 1. The summed E-state index contributed by atoms with van der Waals surface area (Å²) in [5.74, 6) is 0. The van der Waals surface area contributed by atoms with Crippen LogP contribution >= 0.6 is 46.4 Å². The maximum absolute atomic E-state index is 9.10. The van der Waals surface area contributed by atoms with Gasteiger partial charge in [-0.15, -0.1) is 0 Å². The van der Waals surface area contributed by atoms with Crippen LogP contribution in [0, 0.1) is 0 Å². The quantitative estimate of drug-likeness (QED) is 0.633. The molecule has 0 aliphatic heterocycles. The minimum Gasteiger partial charge on any atom is -0.392 e. The van der Waals surface area contributed by atoms with Crippen molar-refractivity contribution in [1.29, 1.82) is 0 Å².